The van der Waals surface area contributed by atoms with Gasteiger partial charge in [0.1, 0.15) is 5.82 Å². The number of aryl methyl sites for hydroxylation is 2. The van der Waals surface area contributed by atoms with Gasteiger partial charge in [0.25, 0.3) is 5.91 Å². The molecule has 0 bridgehead atoms. The topological polar surface area (TPSA) is 105 Å². The first-order valence-corrected chi connectivity index (χ1v) is 7.90. The lowest BCUT2D eigenvalue weighted by Gasteiger charge is -2.23. The number of carbonyl (C=O) groups is 3. The van der Waals surface area contributed by atoms with Crippen LogP contribution in [0.2, 0.25) is 0 Å². The number of aromatic nitrogens is 1. The van der Waals surface area contributed by atoms with E-state index < -0.39 is 11.3 Å². The Labute approximate surface area is 133 Å². The van der Waals surface area contributed by atoms with Crippen LogP contribution in [0.3, 0.4) is 0 Å². The SMILES string of the molecule is NC(=O)c1cc2c(nc1N1CC[C@]3(CC(=O)NC3=O)C1)CCC2. The molecule has 3 N–H and O–H groups in total. The highest BCUT2D eigenvalue weighted by atomic mass is 16.2. The fraction of sp³-hybridized carbons (Fsp3) is 0.500. The molecule has 1 aliphatic carbocycles. The van der Waals surface area contributed by atoms with Crippen LogP contribution in [0, 0.1) is 5.41 Å². The molecule has 7 nitrogen and oxygen atoms in total. The summed E-state index contributed by atoms with van der Waals surface area (Å²) < 4.78 is 0. The molecule has 0 aromatic carbocycles. The third-order valence-electron chi connectivity index (χ3n) is 5.18. The summed E-state index contributed by atoms with van der Waals surface area (Å²) in [6.07, 6.45) is 3.65. The van der Waals surface area contributed by atoms with Crippen molar-refractivity contribution in [1.29, 1.82) is 0 Å². The van der Waals surface area contributed by atoms with Gasteiger partial charge >= 0.3 is 0 Å². The molecule has 2 saturated heterocycles. The Hall–Kier alpha value is -2.44. The fourth-order valence-corrected chi connectivity index (χ4v) is 3.96. The number of anilines is 1. The number of pyridine rings is 1. The second-order valence-electron chi connectivity index (χ2n) is 6.69. The van der Waals surface area contributed by atoms with Crippen LogP contribution in [0.5, 0.6) is 0 Å². The molecule has 3 heterocycles. The number of nitrogens with zero attached hydrogens (tertiary/aromatic N) is 2. The molecule has 0 unspecified atom stereocenters. The van der Waals surface area contributed by atoms with Gasteiger partial charge in [-0.25, -0.2) is 4.98 Å². The first-order valence-electron chi connectivity index (χ1n) is 7.90. The standard InChI is InChI=1S/C16H18N4O3/c17-13(22)10-6-9-2-1-3-11(9)18-14(10)20-5-4-16(8-20)7-12(21)19-15(16)23/h6H,1-5,7-8H2,(H2,17,22)(H,19,21,23)/t16-/m0/s1. The summed E-state index contributed by atoms with van der Waals surface area (Å²) in [5.41, 5.74) is 7.35. The maximum atomic E-state index is 12.1. The summed E-state index contributed by atoms with van der Waals surface area (Å²) in [5.74, 6) is -0.391. The number of nitrogens with two attached hydrogens (primary N) is 1. The zero-order chi connectivity index (χ0) is 16.2. The maximum Gasteiger partial charge on any atom is 0.252 e. The van der Waals surface area contributed by atoms with Crippen LogP contribution in [0.1, 0.15) is 40.9 Å². The number of nitrogens with one attached hydrogen (secondary N) is 1. The first-order chi connectivity index (χ1) is 11.0. The predicted molar refractivity (Wildman–Crippen MR) is 81.8 cm³/mol. The van der Waals surface area contributed by atoms with Crippen molar-refractivity contribution in [2.45, 2.75) is 32.1 Å². The molecular formula is C16H18N4O3. The van der Waals surface area contributed by atoms with Crippen LogP contribution in [-0.4, -0.2) is 35.8 Å². The highest BCUT2D eigenvalue weighted by Gasteiger charge is 2.51. The molecule has 1 aromatic heterocycles. The van der Waals surface area contributed by atoms with E-state index in [1.165, 1.54) is 0 Å². The summed E-state index contributed by atoms with van der Waals surface area (Å²) in [7, 11) is 0. The van der Waals surface area contributed by atoms with E-state index in [0.29, 0.717) is 30.9 Å². The van der Waals surface area contributed by atoms with Crippen LogP contribution in [0.25, 0.3) is 0 Å². The minimum absolute atomic E-state index is 0.208. The molecule has 23 heavy (non-hydrogen) atoms. The van der Waals surface area contributed by atoms with Crippen molar-refractivity contribution in [3.05, 3.63) is 22.9 Å². The van der Waals surface area contributed by atoms with Crippen LogP contribution in [0.4, 0.5) is 5.82 Å². The number of rotatable bonds is 2. The number of carbonyl (C=O) groups excluding carboxylic acids is 3. The van der Waals surface area contributed by atoms with Gasteiger partial charge in [-0.05, 0) is 37.3 Å². The average Bonchev–Trinajstić information content (AvgIpc) is 3.17. The number of fused-ring (bicyclic) bond motifs is 1. The smallest absolute Gasteiger partial charge is 0.252 e. The Morgan fingerprint density at radius 2 is 2.17 bits per heavy atom. The van der Waals surface area contributed by atoms with Crippen molar-refractivity contribution in [3.63, 3.8) is 0 Å². The molecule has 3 aliphatic rings. The number of hydrogen-bond acceptors (Lipinski definition) is 5. The first kappa shape index (κ1) is 14.2. The van der Waals surface area contributed by atoms with Gasteiger partial charge in [0.2, 0.25) is 11.8 Å². The highest BCUT2D eigenvalue weighted by molar-refractivity contribution is 6.06. The molecule has 1 atom stereocenters. The summed E-state index contributed by atoms with van der Waals surface area (Å²) in [6.45, 7) is 0.989. The average molecular weight is 314 g/mol. The Morgan fingerprint density at radius 3 is 2.87 bits per heavy atom. The molecule has 0 saturated carbocycles. The van der Waals surface area contributed by atoms with Gasteiger partial charge < -0.3 is 10.6 Å². The molecule has 120 valence electrons. The molecule has 4 rings (SSSR count). The van der Waals surface area contributed by atoms with Crippen molar-refractivity contribution in [3.8, 4) is 0 Å². The van der Waals surface area contributed by atoms with E-state index in [2.05, 4.69) is 10.3 Å². The van der Waals surface area contributed by atoms with E-state index in [0.717, 1.165) is 30.5 Å². The summed E-state index contributed by atoms with van der Waals surface area (Å²) >= 11 is 0. The lowest BCUT2D eigenvalue weighted by atomic mass is 9.85. The Morgan fingerprint density at radius 1 is 1.35 bits per heavy atom. The van der Waals surface area contributed by atoms with Gasteiger partial charge in [-0.15, -0.1) is 0 Å². The largest absolute Gasteiger partial charge is 0.365 e. The van der Waals surface area contributed by atoms with Gasteiger partial charge in [-0.3, -0.25) is 19.7 Å². The zero-order valence-electron chi connectivity index (χ0n) is 12.7. The van der Waals surface area contributed by atoms with E-state index in [1.807, 2.05) is 11.0 Å². The monoisotopic (exact) mass is 314 g/mol. The van der Waals surface area contributed by atoms with E-state index >= 15 is 0 Å². The highest BCUT2D eigenvalue weighted by Crippen LogP contribution is 2.40. The van der Waals surface area contributed by atoms with Gasteiger partial charge in [0, 0.05) is 25.2 Å². The predicted octanol–water partition coefficient (Wildman–Crippen LogP) is -0.0878. The molecule has 2 aliphatic heterocycles. The number of amides is 3. The van der Waals surface area contributed by atoms with Crippen molar-refractivity contribution in [1.82, 2.24) is 10.3 Å². The van der Waals surface area contributed by atoms with Gasteiger partial charge in [-0.1, -0.05) is 0 Å². The molecule has 3 amide bonds. The molecule has 2 fully saturated rings. The Kier molecular flexibility index (Phi) is 2.94. The van der Waals surface area contributed by atoms with E-state index in [4.69, 9.17) is 5.73 Å². The van der Waals surface area contributed by atoms with Crippen molar-refractivity contribution in [2.24, 2.45) is 11.1 Å². The number of primary amides is 1. The number of imide groups is 1. The molecule has 1 aromatic rings. The van der Waals surface area contributed by atoms with Crippen LogP contribution in [0.15, 0.2) is 6.07 Å². The van der Waals surface area contributed by atoms with E-state index in [-0.39, 0.29) is 18.2 Å². The quantitative estimate of drug-likeness (QED) is 0.742. The lowest BCUT2D eigenvalue weighted by molar-refractivity contribution is -0.127. The van der Waals surface area contributed by atoms with E-state index in [1.54, 1.807) is 0 Å². The molecule has 7 heteroatoms. The van der Waals surface area contributed by atoms with Crippen molar-refractivity contribution >= 4 is 23.5 Å². The minimum atomic E-state index is -0.688. The third kappa shape index (κ3) is 2.10. The summed E-state index contributed by atoms with van der Waals surface area (Å²) in [4.78, 5) is 42.1. The van der Waals surface area contributed by atoms with Crippen molar-refractivity contribution < 1.29 is 14.4 Å². The van der Waals surface area contributed by atoms with Crippen molar-refractivity contribution in [2.75, 3.05) is 18.0 Å². The zero-order valence-corrected chi connectivity index (χ0v) is 12.7. The molecule has 1 spiro atoms. The van der Waals surface area contributed by atoms with Gasteiger partial charge in [0.05, 0.1) is 11.0 Å². The minimum Gasteiger partial charge on any atom is -0.365 e. The summed E-state index contributed by atoms with van der Waals surface area (Å²) in [6, 6.07) is 1.85. The Bertz CT molecular complexity index is 745. The normalized spacial score (nSPS) is 26.0. The molecular weight excluding hydrogens is 296 g/mol. The third-order valence-corrected chi connectivity index (χ3v) is 5.18. The molecule has 0 radical (unpaired) electrons. The van der Waals surface area contributed by atoms with Crippen LogP contribution in [-0.2, 0) is 22.4 Å². The van der Waals surface area contributed by atoms with Crippen LogP contribution >= 0.6 is 0 Å². The van der Waals surface area contributed by atoms with Gasteiger partial charge in [-0.2, -0.15) is 0 Å². The maximum absolute atomic E-state index is 12.1. The summed E-state index contributed by atoms with van der Waals surface area (Å²) in [5, 5.41) is 2.38. The number of hydrogen-bond donors (Lipinski definition) is 2. The van der Waals surface area contributed by atoms with Crippen LogP contribution < -0.4 is 16.0 Å². The second kappa shape index (κ2) is 4.78. The Balaban J connectivity index is 1.70. The lowest BCUT2D eigenvalue weighted by Crippen LogP contribution is -2.35. The van der Waals surface area contributed by atoms with E-state index in [9.17, 15) is 14.4 Å². The fourth-order valence-electron chi connectivity index (χ4n) is 3.96. The second-order valence-corrected chi connectivity index (χ2v) is 6.69. The van der Waals surface area contributed by atoms with Gasteiger partial charge in [0.15, 0.2) is 0 Å².